The van der Waals surface area contributed by atoms with Crippen LogP contribution in [0.15, 0.2) is 53.2 Å². The van der Waals surface area contributed by atoms with Crippen LogP contribution in [-0.2, 0) is 13.1 Å². The molecule has 108 valence electrons. The van der Waals surface area contributed by atoms with Crippen molar-refractivity contribution in [1.29, 1.82) is 0 Å². The van der Waals surface area contributed by atoms with E-state index >= 15 is 0 Å². The fourth-order valence-corrected chi connectivity index (χ4v) is 2.46. The van der Waals surface area contributed by atoms with Gasteiger partial charge in [0.1, 0.15) is 17.3 Å². The van der Waals surface area contributed by atoms with Crippen LogP contribution in [-0.4, -0.2) is 21.9 Å². The Morgan fingerprint density at radius 3 is 2.81 bits per heavy atom. The number of nitrogens with zero attached hydrogens (tertiary/aromatic N) is 2. The van der Waals surface area contributed by atoms with E-state index in [1.54, 1.807) is 6.20 Å². The SMILES string of the molecule is CN(Cc1ncc[nH]1)Cc1ccc(-c2ccccc2Cl)o1. The van der Waals surface area contributed by atoms with Gasteiger partial charge < -0.3 is 9.40 Å². The molecule has 4 nitrogen and oxygen atoms in total. The van der Waals surface area contributed by atoms with E-state index in [-0.39, 0.29) is 0 Å². The number of rotatable bonds is 5. The minimum absolute atomic E-state index is 0.697. The zero-order valence-corrected chi connectivity index (χ0v) is 12.5. The summed E-state index contributed by atoms with van der Waals surface area (Å²) in [7, 11) is 2.03. The Morgan fingerprint density at radius 1 is 1.19 bits per heavy atom. The predicted octanol–water partition coefficient (Wildman–Crippen LogP) is 3.96. The molecular formula is C16H16ClN3O. The lowest BCUT2D eigenvalue weighted by molar-refractivity contribution is 0.283. The molecule has 3 aromatic rings. The van der Waals surface area contributed by atoms with Crippen molar-refractivity contribution < 1.29 is 4.42 Å². The van der Waals surface area contributed by atoms with Gasteiger partial charge in [0.2, 0.25) is 0 Å². The van der Waals surface area contributed by atoms with Gasteiger partial charge in [0, 0.05) is 18.0 Å². The van der Waals surface area contributed by atoms with Crippen molar-refractivity contribution in [3.8, 4) is 11.3 Å². The number of furan rings is 1. The number of aromatic nitrogens is 2. The van der Waals surface area contributed by atoms with Gasteiger partial charge in [0.15, 0.2) is 0 Å². The Hall–Kier alpha value is -2.04. The normalized spacial score (nSPS) is 11.2. The molecule has 2 heterocycles. The molecule has 21 heavy (non-hydrogen) atoms. The first-order valence-corrected chi connectivity index (χ1v) is 7.10. The number of imidazole rings is 1. The van der Waals surface area contributed by atoms with E-state index in [0.29, 0.717) is 11.6 Å². The van der Waals surface area contributed by atoms with Crippen molar-refractivity contribution in [2.75, 3.05) is 7.05 Å². The van der Waals surface area contributed by atoms with Crippen LogP contribution in [0.3, 0.4) is 0 Å². The van der Waals surface area contributed by atoms with Gasteiger partial charge >= 0.3 is 0 Å². The van der Waals surface area contributed by atoms with E-state index < -0.39 is 0 Å². The summed E-state index contributed by atoms with van der Waals surface area (Å²) in [4.78, 5) is 9.44. The minimum Gasteiger partial charge on any atom is -0.460 e. The highest BCUT2D eigenvalue weighted by Crippen LogP contribution is 2.29. The van der Waals surface area contributed by atoms with Crippen LogP contribution >= 0.6 is 11.6 Å². The second-order valence-electron chi connectivity index (χ2n) is 4.95. The molecular weight excluding hydrogens is 286 g/mol. The van der Waals surface area contributed by atoms with E-state index in [0.717, 1.165) is 29.5 Å². The summed E-state index contributed by atoms with van der Waals surface area (Å²) in [6.45, 7) is 1.46. The highest BCUT2D eigenvalue weighted by Gasteiger charge is 2.10. The summed E-state index contributed by atoms with van der Waals surface area (Å²) >= 11 is 6.19. The molecule has 3 rings (SSSR count). The van der Waals surface area contributed by atoms with E-state index in [2.05, 4.69) is 14.9 Å². The van der Waals surface area contributed by atoms with Gasteiger partial charge in [0.25, 0.3) is 0 Å². The van der Waals surface area contributed by atoms with Crippen LogP contribution < -0.4 is 0 Å². The first-order chi connectivity index (χ1) is 10.2. The zero-order chi connectivity index (χ0) is 14.7. The summed E-state index contributed by atoms with van der Waals surface area (Å²) in [6.07, 6.45) is 3.58. The molecule has 0 fully saturated rings. The van der Waals surface area contributed by atoms with E-state index in [1.165, 1.54) is 0 Å². The third kappa shape index (κ3) is 3.35. The van der Waals surface area contributed by atoms with Gasteiger partial charge in [-0.05, 0) is 31.3 Å². The topological polar surface area (TPSA) is 45.1 Å². The van der Waals surface area contributed by atoms with Crippen molar-refractivity contribution in [2.45, 2.75) is 13.1 Å². The molecule has 0 spiro atoms. The number of nitrogens with one attached hydrogen (secondary N) is 1. The molecule has 0 aliphatic rings. The van der Waals surface area contributed by atoms with Crippen molar-refractivity contribution in [3.05, 3.63) is 65.4 Å². The standard InChI is InChI=1S/C16H16ClN3O/c1-20(11-16-18-8-9-19-16)10-12-6-7-15(21-12)13-4-2-3-5-14(13)17/h2-9H,10-11H2,1H3,(H,18,19). The molecule has 0 saturated heterocycles. The van der Waals surface area contributed by atoms with Crippen molar-refractivity contribution >= 4 is 11.6 Å². The van der Waals surface area contributed by atoms with Crippen molar-refractivity contribution in [1.82, 2.24) is 14.9 Å². The first kappa shape index (κ1) is 13.9. The van der Waals surface area contributed by atoms with E-state index in [9.17, 15) is 0 Å². The molecule has 0 saturated carbocycles. The lowest BCUT2D eigenvalue weighted by Gasteiger charge is -2.13. The van der Waals surface area contributed by atoms with Crippen LogP contribution in [0.4, 0.5) is 0 Å². The lowest BCUT2D eigenvalue weighted by atomic mass is 10.2. The molecule has 0 aliphatic heterocycles. The molecule has 0 aliphatic carbocycles. The van der Waals surface area contributed by atoms with Crippen LogP contribution in [0.25, 0.3) is 11.3 Å². The zero-order valence-electron chi connectivity index (χ0n) is 11.7. The fourth-order valence-electron chi connectivity index (χ4n) is 2.23. The monoisotopic (exact) mass is 301 g/mol. The van der Waals surface area contributed by atoms with Gasteiger partial charge in [-0.15, -0.1) is 0 Å². The number of hydrogen-bond acceptors (Lipinski definition) is 3. The summed E-state index contributed by atoms with van der Waals surface area (Å²) in [5, 5.41) is 0.697. The number of hydrogen-bond donors (Lipinski definition) is 1. The largest absolute Gasteiger partial charge is 0.460 e. The Labute approximate surface area is 128 Å². The van der Waals surface area contributed by atoms with Gasteiger partial charge in [-0.2, -0.15) is 0 Å². The Bertz CT molecular complexity index is 706. The minimum atomic E-state index is 0.697. The molecule has 0 radical (unpaired) electrons. The molecule has 0 atom stereocenters. The van der Waals surface area contributed by atoms with Gasteiger partial charge in [-0.25, -0.2) is 4.98 Å². The summed E-state index contributed by atoms with van der Waals surface area (Å²) in [5.74, 6) is 2.64. The maximum Gasteiger partial charge on any atom is 0.135 e. The summed E-state index contributed by atoms with van der Waals surface area (Å²) < 4.78 is 5.88. The molecule has 0 bridgehead atoms. The number of benzene rings is 1. The number of aromatic amines is 1. The van der Waals surface area contributed by atoms with Crippen LogP contribution in [0, 0.1) is 0 Å². The van der Waals surface area contributed by atoms with Gasteiger partial charge in [0.05, 0.1) is 18.1 Å². The average Bonchev–Trinajstić information content (AvgIpc) is 3.11. The van der Waals surface area contributed by atoms with Crippen LogP contribution in [0.2, 0.25) is 5.02 Å². The summed E-state index contributed by atoms with van der Waals surface area (Å²) in [5.41, 5.74) is 0.916. The maximum absolute atomic E-state index is 6.19. The average molecular weight is 302 g/mol. The first-order valence-electron chi connectivity index (χ1n) is 6.73. The van der Waals surface area contributed by atoms with E-state index in [4.69, 9.17) is 16.0 Å². The smallest absolute Gasteiger partial charge is 0.135 e. The Kier molecular flexibility index (Phi) is 4.08. The lowest BCUT2D eigenvalue weighted by Crippen LogP contribution is -2.17. The van der Waals surface area contributed by atoms with Gasteiger partial charge in [-0.1, -0.05) is 23.7 Å². The molecule has 0 amide bonds. The Balaban J connectivity index is 1.69. The fraction of sp³-hybridized carbons (Fsp3) is 0.188. The molecule has 2 aromatic heterocycles. The highest BCUT2D eigenvalue weighted by molar-refractivity contribution is 6.33. The molecule has 1 N–H and O–H groups in total. The van der Waals surface area contributed by atoms with E-state index in [1.807, 2.05) is 49.6 Å². The number of H-pyrrole nitrogens is 1. The third-order valence-electron chi connectivity index (χ3n) is 3.20. The van der Waals surface area contributed by atoms with Crippen LogP contribution in [0.1, 0.15) is 11.6 Å². The number of halogens is 1. The maximum atomic E-state index is 6.19. The van der Waals surface area contributed by atoms with Crippen molar-refractivity contribution in [3.63, 3.8) is 0 Å². The van der Waals surface area contributed by atoms with Crippen molar-refractivity contribution in [2.24, 2.45) is 0 Å². The predicted molar refractivity (Wildman–Crippen MR) is 82.9 cm³/mol. The summed E-state index contributed by atoms with van der Waals surface area (Å²) in [6, 6.07) is 11.6. The second-order valence-corrected chi connectivity index (χ2v) is 5.36. The van der Waals surface area contributed by atoms with Crippen LogP contribution in [0.5, 0.6) is 0 Å². The second kappa shape index (κ2) is 6.16. The highest BCUT2D eigenvalue weighted by atomic mass is 35.5. The van der Waals surface area contributed by atoms with Gasteiger partial charge in [-0.3, -0.25) is 4.90 Å². The quantitative estimate of drug-likeness (QED) is 0.776. The third-order valence-corrected chi connectivity index (χ3v) is 3.53. The molecule has 0 unspecified atom stereocenters. The Morgan fingerprint density at radius 2 is 2.05 bits per heavy atom. The molecule has 1 aromatic carbocycles. The molecule has 5 heteroatoms.